The third kappa shape index (κ3) is 8.19. The number of halogens is 9. The lowest BCUT2D eigenvalue weighted by Gasteiger charge is -2.32. The molecule has 0 bridgehead atoms. The number of hydrogen-bond acceptors (Lipinski definition) is 5. The van der Waals surface area contributed by atoms with E-state index in [2.05, 4.69) is 0 Å². The summed E-state index contributed by atoms with van der Waals surface area (Å²) >= 11 is 0. The van der Waals surface area contributed by atoms with Crippen LogP contribution in [0, 0.1) is 16.0 Å². The van der Waals surface area contributed by atoms with E-state index in [-0.39, 0.29) is 41.0 Å². The monoisotopic (exact) mass is 654 g/mol. The zero-order chi connectivity index (χ0) is 33.5. The molecule has 1 aliphatic carbocycles. The number of methoxy groups -OCH3 is 1. The summed E-state index contributed by atoms with van der Waals surface area (Å²) in [5.41, 5.74) is -0.887. The van der Waals surface area contributed by atoms with E-state index in [1.54, 1.807) is 0 Å². The highest BCUT2D eigenvalue weighted by molar-refractivity contribution is 5.77. The highest BCUT2D eigenvalue weighted by atomic mass is 19.4. The van der Waals surface area contributed by atoms with Crippen molar-refractivity contribution >= 4 is 17.4 Å². The molecule has 2 aliphatic rings. The molecule has 1 aliphatic heterocycles. The first-order valence-corrected chi connectivity index (χ1v) is 13.6. The number of nitro groups is 1. The van der Waals surface area contributed by atoms with Gasteiger partial charge in [0, 0.05) is 24.2 Å². The van der Waals surface area contributed by atoms with Gasteiger partial charge in [0.15, 0.2) is 0 Å². The van der Waals surface area contributed by atoms with Crippen LogP contribution in [-0.4, -0.2) is 54.1 Å². The van der Waals surface area contributed by atoms with Crippen molar-refractivity contribution in [2.24, 2.45) is 5.92 Å². The first kappa shape index (κ1) is 33.9. The molecule has 1 saturated heterocycles. The predicted octanol–water partition coefficient (Wildman–Crippen LogP) is 8.51. The fourth-order valence-electron chi connectivity index (χ4n) is 5.82. The average molecular weight is 655 g/mol. The van der Waals surface area contributed by atoms with E-state index in [0.29, 0.717) is 5.57 Å². The summed E-state index contributed by atoms with van der Waals surface area (Å²) in [7, 11) is 1.27. The van der Waals surface area contributed by atoms with Crippen LogP contribution in [0.2, 0.25) is 0 Å². The number of amides is 1. The van der Waals surface area contributed by atoms with Crippen LogP contribution in [0.15, 0.2) is 42.0 Å². The molecule has 246 valence electrons. The molecule has 7 nitrogen and oxygen atoms in total. The molecule has 1 heterocycles. The Morgan fingerprint density at radius 1 is 0.978 bits per heavy atom. The first-order chi connectivity index (χ1) is 20.8. The molecule has 4 rings (SSSR count). The third-order valence-corrected chi connectivity index (χ3v) is 7.81. The van der Waals surface area contributed by atoms with Gasteiger partial charge >= 0.3 is 24.6 Å². The molecule has 16 heteroatoms. The zero-order valence-corrected chi connectivity index (χ0v) is 23.8. The van der Waals surface area contributed by atoms with Crippen molar-refractivity contribution in [2.75, 3.05) is 13.7 Å². The third-order valence-electron chi connectivity index (χ3n) is 7.81. The highest BCUT2D eigenvalue weighted by Gasteiger charge is 2.45. The molecule has 0 aromatic heterocycles. The smallest absolute Gasteiger partial charge is 0.411 e. The van der Waals surface area contributed by atoms with Crippen LogP contribution < -0.4 is 4.74 Å². The second-order valence-electron chi connectivity index (χ2n) is 11.0. The number of cyclic esters (lactones) is 1. The number of carbonyl (C=O) groups is 1. The van der Waals surface area contributed by atoms with Crippen LogP contribution in [0.3, 0.4) is 0 Å². The molecule has 0 saturated carbocycles. The van der Waals surface area contributed by atoms with Crippen molar-refractivity contribution < 1.29 is 58.7 Å². The quantitative estimate of drug-likeness (QED) is 0.162. The van der Waals surface area contributed by atoms with Gasteiger partial charge in [-0.1, -0.05) is 18.2 Å². The first-order valence-electron chi connectivity index (χ1n) is 13.6. The Bertz CT molecular complexity index is 1450. The van der Waals surface area contributed by atoms with Crippen molar-refractivity contribution in [1.29, 1.82) is 0 Å². The Labute approximate surface area is 250 Å². The number of non-ortho nitro benzene ring substituents is 1. The number of rotatable bonds is 8. The van der Waals surface area contributed by atoms with Gasteiger partial charge in [-0.05, 0) is 60.1 Å². The Balaban J connectivity index is 1.74. The molecular weight excluding hydrogens is 627 g/mol. The highest BCUT2D eigenvalue weighted by Crippen LogP contribution is 2.46. The van der Waals surface area contributed by atoms with Gasteiger partial charge in [0.25, 0.3) is 5.69 Å². The van der Waals surface area contributed by atoms with Gasteiger partial charge in [-0.25, -0.2) is 4.79 Å². The van der Waals surface area contributed by atoms with Crippen LogP contribution in [-0.2, 0) is 17.6 Å². The molecule has 0 spiro atoms. The minimum absolute atomic E-state index is 0.107. The number of benzene rings is 2. The number of ether oxygens (including phenoxy) is 2. The van der Waals surface area contributed by atoms with Crippen molar-refractivity contribution in [1.82, 2.24) is 4.90 Å². The molecule has 0 N–H and O–H groups in total. The number of nitrogens with zero attached hydrogens (tertiary/aromatic N) is 2. The summed E-state index contributed by atoms with van der Waals surface area (Å²) in [6.07, 6.45) is -20.6. The predicted molar refractivity (Wildman–Crippen MR) is 141 cm³/mol. The van der Waals surface area contributed by atoms with Crippen molar-refractivity contribution in [3.8, 4) is 5.75 Å². The molecule has 3 atom stereocenters. The Morgan fingerprint density at radius 2 is 1.58 bits per heavy atom. The zero-order valence-electron chi connectivity index (χ0n) is 23.8. The minimum Gasteiger partial charge on any atom is -0.496 e. The van der Waals surface area contributed by atoms with Crippen LogP contribution in [0.5, 0.6) is 5.75 Å². The summed E-state index contributed by atoms with van der Waals surface area (Å²) < 4.78 is 131. The molecular formula is C29H27F9N2O5. The van der Waals surface area contributed by atoms with E-state index in [1.165, 1.54) is 20.1 Å². The molecule has 1 fully saturated rings. The molecule has 1 amide bonds. The Morgan fingerprint density at radius 3 is 2.09 bits per heavy atom. The van der Waals surface area contributed by atoms with Crippen molar-refractivity contribution in [3.05, 3.63) is 74.3 Å². The van der Waals surface area contributed by atoms with Crippen LogP contribution in [0.1, 0.15) is 54.5 Å². The minimum atomic E-state index is -4.75. The summed E-state index contributed by atoms with van der Waals surface area (Å²) in [5, 5.41) is 11.4. The molecule has 45 heavy (non-hydrogen) atoms. The lowest BCUT2D eigenvalue weighted by Crippen LogP contribution is -2.36. The summed E-state index contributed by atoms with van der Waals surface area (Å²) in [6, 6.07) is 5.34. The van der Waals surface area contributed by atoms with Gasteiger partial charge in [0.05, 0.1) is 36.8 Å². The summed E-state index contributed by atoms with van der Waals surface area (Å²) in [4.78, 5) is 24.8. The summed E-state index contributed by atoms with van der Waals surface area (Å²) in [5.74, 6) is -1.65. The van der Waals surface area contributed by atoms with Crippen LogP contribution in [0.4, 0.5) is 50.0 Å². The maximum absolute atomic E-state index is 13.8. The number of hydrogen-bond donors (Lipinski definition) is 0. The fourth-order valence-corrected chi connectivity index (χ4v) is 5.82. The second kappa shape index (κ2) is 12.4. The van der Waals surface area contributed by atoms with Gasteiger partial charge < -0.3 is 9.47 Å². The maximum Gasteiger partial charge on any atom is 0.411 e. The lowest BCUT2D eigenvalue weighted by atomic mass is 9.80. The van der Waals surface area contributed by atoms with E-state index < -0.39 is 84.5 Å². The van der Waals surface area contributed by atoms with E-state index >= 15 is 0 Å². The number of allylic oxidation sites excluding steroid dienone is 1. The number of carbonyl (C=O) groups excluding carboxylic acids is 1. The van der Waals surface area contributed by atoms with Gasteiger partial charge in [-0.15, -0.1) is 0 Å². The average Bonchev–Trinajstić information content (AvgIpc) is 3.18. The molecule has 2 aromatic carbocycles. The van der Waals surface area contributed by atoms with E-state index in [0.717, 1.165) is 35.2 Å². The Hall–Kier alpha value is -3.98. The van der Waals surface area contributed by atoms with Gasteiger partial charge in [-0.3, -0.25) is 15.0 Å². The fraction of sp³-hybridized carbons (Fsp3) is 0.483. The summed E-state index contributed by atoms with van der Waals surface area (Å²) in [6.45, 7) is 0.968. The second-order valence-corrected chi connectivity index (χ2v) is 11.0. The molecule has 2 aromatic rings. The maximum atomic E-state index is 13.8. The SMILES string of the molecule is COc1ccc([N+](=O)[O-])cc1C1=C(CN2C(=O)O[C@H](c3cc(CC(F)(F)F)cc(CC(F)(F)F)c3)[C@@H]2C)CC(C(F)(F)F)CC1. The standard InChI is InChI=1S/C29H27F9N2O5/c1-15-25(18-8-16(12-27(30,31)32)7-17(9-18)13-28(33,34)35)45-26(41)39(15)14-19-10-20(29(36,37)38)3-5-22(19)23-11-21(40(42)43)4-6-24(23)44-2/h4,6-9,11,15,20,25H,3,5,10,12-14H2,1-2H3/t15-,20?,25-/m0/s1. The molecule has 1 unspecified atom stereocenters. The van der Waals surface area contributed by atoms with Crippen molar-refractivity contribution in [2.45, 2.75) is 69.7 Å². The van der Waals surface area contributed by atoms with E-state index in [4.69, 9.17) is 9.47 Å². The van der Waals surface area contributed by atoms with Gasteiger partial charge in [0.2, 0.25) is 0 Å². The van der Waals surface area contributed by atoms with Crippen LogP contribution in [0.25, 0.3) is 5.57 Å². The van der Waals surface area contributed by atoms with Crippen LogP contribution >= 0.6 is 0 Å². The Kier molecular flexibility index (Phi) is 9.36. The molecule has 0 radical (unpaired) electrons. The lowest BCUT2D eigenvalue weighted by molar-refractivity contribution is -0.384. The van der Waals surface area contributed by atoms with Gasteiger partial charge in [0.1, 0.15) is 11.9 Å². The number of nitro benzene ring substituents is 1. The van der Waals surface area contributed by atoms with E-state index in [9.17, 15) is 54.4 Å². The normalized spacial score (nSPS) is 21.3. The topological polar surface area (TPSA) is 81.9 Å². The number of alkyl halides is 9. The largest absolute Gasteiger partial charge is 0.496 e. The van der Waals surface area contributed by atoms with Gasteiger partial charge in [-0.2, -0.15) is 39.5 Å². The van der Waals surface area contributed by atoms with E-state index in [1.807, 2.05) is 0 Å². The van der Waals surface area contributed by atoms with Crippen molar-refractivity contribution in [3.63, 3.8) is 0 Å².